The van der Waals surface area contributed by atoms with Gasteiger partial charge in [0.15, 0.2) is 0 Å². The van der Waals surface area contributed by atoms with Crippen LogP contribution in [0.15, 0.2) is 79.1 Å². The summed E-state index contributed by atoms with van der Waals surface area (Å²) in [5, 5.41) is 11.7. The molecule has 0 N–H and O–H groups in total. The fraction of sp³-hybridized carbons (Fsp3) is 0.0370. The van der Waals surface area contributed by atoms with E-state index in [0.717, 1.165) is 32.3 Å². The summed E-state index contributed by atoms with van der Waals surface area (Å²) >= 11 is 0. The zero-order chi connectivity index (χ0) is 22.7. The summed E-state index contributed by atoms with van der Waals surface area (Å²) in [5.74, 6) is -0.634. The number of nitrogens with zero attached hydrogens (tertiary/aromatic N) is 4. The minimum atomic E-state index is -0.326. The number of para-hydroxylation sites is 2. The molecule has 6 heteroatoms. The van der Waals surface area contributed by atoms with E-state index in [0.29, 0.717) is 27.9 Å². The molecule has 0 saturated carbocycles. The first-order valence-electron chi connectivity index (χ1n) is 10.4. The molecule has 1 aliphatic rings. The third-order valence-electron chi connectivity index (χ3n) is 6.26. The quantitative estimate of drug-likeness (QED) is 0.373. The van der Waals surface area contributed by atoms with Crippen LogP contribution >= 0.6 is 0 Å². The number of benzene rings is 3. The van der Waals surface area contributed by atoms with E-state index in [-0.39, 0.29) is 11.8 Å². The molecule has 156 valence electrons. The van der Waals surface area contributed by atoms with E-state index in [2.05, 4.69) is 11.1 Å². The van der Waals surface area contributed by atoms with E-state index < -0.39 is 0 Å². The van der Waals surface area contributed by atoms with Crippen molar-refractivity contribution < 1.29 is 9.59 Å². The molecule has 2 amide bonds. The molecular weight excluding hydrogens is 412 g/mol. The van der Waals surface area contributed by atoms with E-state index in [1.807, 2.05) is 53.1 Å². The average Bonchev–Trinajstić information content (AvgIpc) is 3.31. The van der Waals surface area contributed by atoms with Gasteiger partial charge < -0.3 is 4.57 Å². The molecule has 0 spiro atoms. The Balaban J connectivity index is 1.81. The van der Waals surface area contributed by atoms with Crippen LogP contribution in [0, 0.1) is 11.3 Å². The van der Waals surface area contributed by atoms with Crippen molar-refractivity contribution in [2.24, 2.45) is 0 Å². The van der Waals surface area contributed by atoms with Crippen molar-refractivity contribution in [3.05, 3.63) is 95.8 Å². The predicted octanol–water partition coefficient (Wildman–Crippen LogP) is 4.94. The molecular formula is C27H16N4O2. The molecule has 0 radical (unpaired) electrons. The Morgan fingerprint density at radius 3 is 2.42 bits per heavy atom. The number of hydrogen-bond donors (Lipinski definition) is 0. The summed E-state index contributed by atoms with van der Waals surface area (Å²) in [6.07, 6.45) is 3.29. The van der Waals surface area contributed by atoms with Gasteiger partial charge in [0.25, 0.3) is 11.8 Å². The monoisotopic (exact) mass is 428 g/mol. The van der Waals surface area contributed by atoms with Gasteiger partial charge in [-0.05, 0) is 24.3 Å². The Labute approximate surface area is 188 Å². The summed E-state index contributed by atoms with van der Waals surface area (Å²) in [6, 6.07) is 23.2. The Kier molecular flexibility index (Phi) is 3.95. The Morgan fingerprint density at radius 2 is 1.58 bits per heavy atom. The van der Waals surface area contributed by atoms with Crippen LogP contribution in [0.25, 0.3) is 38.6 Å². The second-order valence-electron chi connectivity index (χ2n) is 7.96. The summed E-state index contributed by atoms with van der Waals surface area (Å²) in [7, 11) is 1.50. The number of amides is 2. The first-order chi connectivity index (χ1) is 16.1. The first kappa shape index (κ1) is 19.0. The Bertz CT molecular complexity index is 1690. The smallest absolute Gasteiger partial charge is 0.263 e. The first-order valence-corrected chi connectivity index (χ1v) is 10.4. The lowest BCUT2D eigenvalue weighted by Crippen LogP contribution is -2.24. The average molecular weight is 428 g/mol. The lowest BCUT2D eigenvalue weighted by molar-refractivity contribution is 0.0693. The van der Waals surface area contributed by atoms with Gasteiger partial charge in [-0.1, -0.05) is 42.5 Å². The van der Waals surface area contributed by atoms with Gasteiger partial charge in [-0.25, -0.2) is 0 Å². The van der Waals surface area contributed by atoms with Crippen molar-refractivity contribution in [1.29, 1.82) is 5.26 Å². The van der Waals surface area contributed by atoms with Gasteiger partial charge >= 0.3 is 0 Å². The minimum Gasteiger partial charge on any atom is -0.308 e. The molecule has 0 aliphatic carbocycles. The topological polar surface area (TPSA) is 79.0 Å². The van der Waals surface area contributed by atoms with E-state index in [1.54, 1.807) is 30.6 Å². The number of imide groups is 1. The third kappa shape index (κ3) is 2.50. The molecule has 0 unspecified atom stereocenters. The van der Waals surface area contributed by atoms with Gasteiger partial charge in [0.2, 0.25) is 0 Å². The maximum absolute atomic E-state index is 13.1. The molecule has 0 bridgehead atoms. The van der Waals surface area contributed by atoms with Gasteiger partial charge in [-0.2, -0.15) is 5.26 Å². The number of fused-ring (bicyclic) bond motifs is 4. The fourth-order valence-electron chi connectivity index (χ4n) is 4.76. The zero-order valence-electron chi connectivity index (χ0n) is 17.6. The van der Waals surface area contributed by atoms with Crippen LogP contribution in [-0.4, -0.2) is 33.3 Å². The molecule has 6 nitrogen and oxygen atoms in total. The third-order valence-corrected chi connectivity index (χ3v) is 6.26. The summed E-state index contributed by atoms with van der Waals surface area (Å²) in [6.45, 7) is 0. The maximum atomic E-state index is 13.1. The molecule has 5 aromatic rings. The van der Waals surface area contributed by atoms with E-state index in [1.165, 1.54) is 7.05 Å². The molecule has 6 rings (SSSR count). The van der Waals surface area contributed by atoms with Crippen LogP contribution < -0.4 is 0 Å². The van der Waals surface area contributed by atoms with E-state index in [9.17, 15) is 14.9 Å². The molecule has 3 aromatic carbocycles. The molecule has 2 aromatic heterocycles. The zero-order valence-corrected chi connectivity index (χ0v) is 17.6. The van der Waals surface area contributed by atoms with Crippen LogP contribution in [-0.2, 0) is 0 Å². The summed E-state index contributed by atoms with van der Waals surface area (Å²) < 4.78 is 2.03. The number of aromatic nitrogens is 2. The normalized spacial score (nSPS) is 13.0. The maximum Gasteiger partial charge on any atom is 0.263 e. The second kappa shape index (κ2) is 6.87. The molecule has 1 aliphatic heterocycles. The molecule has 0 saturated heterocycles. The van der Waals surface area contributed by atoms with Crippen molar-refractivity contribution in [3.63, 3.8) is 0 Å². The molecule has 0 fully saturated rings. The van der Waals surface area contributed by atoms with Gasteiger partial charge in [-0.3, -0.25) is 19.5 Å². The standard InChI is InChI=1S/C27H16N4O2/c1-30-26(32)20-9-5-11-23(24(20)27(30)33)31-22-10-3-2-6-17(22)18-7-4-8-19(25(18)31)21-15-29-13-12-16(21)14-28/h2-13,15H,1H3. The molecule has 3 heterocycles. The minimum absolute atomic E-state index is 0.308. The van der Waals surface area contributed by atoms with Crippen LogP contribution in [0.4, 0.5) is 0 Å². The van der Waals surface area contributed by atoms with Crippen molar-refractivity contribution in [1.82, 2.24) is 14.5 Å². The van der Waals surface area contributed by atoms with Gasteiger partial charge in [-0.15, -0.1) is 0 Å². The van der Waals surface area contributed by atoms with Crippen molar-refractivity contribution in [2.45, 2.75) is 0 Å². The van der Waals surface area contributed by atoms with Gasteiger partial charge in [0.05, 0.1) is 39.5 Å². The van der Waals surface area contributed by atoms with Crippen molar-refractivity contribution in [2.75, 3.05) is 7.05 Å². The Morgan fingerprint density at radius 1 is 0.818 bits per heavy atom. The van der Waals surface area contributed by atoms with Crippen LogP contribution in [0.2, 0.25) is 0 Å². The van der Waals surface area contributed by atoms with Gasteiger partial charge in [0.1, 0.15) is 0 Å². The lowest BCUT2D eigenvalue weighted by atomic mass is 9.99. The fourth-order valence-corrected chi connectivity index (χ4v) is 4.76. The van der Waals surface area contributed by atoms with Gasteiger partial charge in [0, 0.05) is 41.3 Å². The summed E-state index contributed by atoms with van der Waals surface area (Å²) in [5.41, 5.74) is 5.22. The highest BCUT2D eigenvalue weighted by molar-refractivity contribution is 6.23. The molecule has 33 heavy (non-hydrogen) atoms. The van der Waals surface area contributed by atoms with Crippen molar-refractivity contribution >= 4 is 33.6 Å². The predicted molar refractivity (Wildman–Crippen MR) is 125 cm³/mol. The number of hydrogen-bond acceptors (Lipinski definition) is 4. The lowest BCUT2D eigenvalue weighted by Gasteiger charge is -2.14. The summed E-state index contributed by atoms with van der Waals surface area (Å²) in [4.78, 5) is 31.2. The van der Waals surface area contributed by atoms with E-state index in [4.69, 9.17) is 0 Å². The highest BCUT2D eigenvalue weighted by atomic mass is 16.2. The highest BCUT2D eigenvalue weighted by Crippen LogP contribution is 2.40. The second-order valence-corrected chi connectivity index (χ2v) is 7.96. The Hall–Kier alpha value is -4.76. The molecule has 0 atom stereocenters. The number of rotatable bonds is 2. The largest absolute Gasteiger partial charge is 0.308 e. The van der Waals surface area contributed by atoms with Crippen molar-refractivity contribution in [3.8, 4) is 22.9 Å². The van der Waals surface area contributed by atoms with Crippen LogP contribution in [0.1, 0.15) is 26.3 Å². The van der Waals surface area contributed by atoms with Crippen LogP contribution in [0.3, 0.4) is 0 Å². The number of carbonyl (C=O) groups is 2. The van der Waals surface area contributed by atoms with Crippen LogP contribution in [0.5, 0.6) is 0 Å². The number of pyridine rings is 1. The SMILES string of the molecule is CN1C(=O)c2cccc(-n3c4ccccc4c4cccc(-c5cnccc5C#N)c43)c2C1=O. The number of nitriles is 1. The highest BCUT2D eigenvalue weighted by Gasteiger charge is 2.36. The number of carbonyl (C=O) groups excluding carboxylic acids is 2. The van der Waals surface area contributed by atoms with E-state index >= 15 is 0 Å².